The summed E-state index contributed by atoms with van der Waals surface area (Å²) in [4.78, 5) is 4.21. The number of aryl methyl sites for hydroxylation is 1. The molecule has 0 amide bonds. The first kappa shape index (κ1) is 8.97. The molecular formula is C11H13N3. The number of nitrogens with two attached hydrogens (primary N) is 2. The summed E-state index contributed by atoms with van der Waals surface area (Å²) in [5.41, 5.74) is 13.5. The van der Waals surface area contributed by atoms with Crippen LogP contribution in [0.5, 0.6) is 0 Å². The normalized spacial score (nSPS) is 10.7. The average Bonchev–Trinajstić information content (AvgIpc) is 2.17. The highest BCUT2D eigenvalue weighted by atomic mass is 14.8. The largest absolute Gasteiger partial charge is 0.383 e. The Kier molecular flexibility index (Phi) is 2.09. The molecule has 4 N–H and O–H groups in total. The summed E-state index contributed by atoms with van der Waals surface area (Å²) >= 11 is 0. The first-order valence-electron chi connectivity index (χ1n) is 4.57. The zero-order valence-electron chi connectivity index (χ0n) is 8.12. The van der Waals surface area contributed by atoms with Crippen LogP contribution in [0.2, 0.25) is 0 Å². The maximum absolute atomic E-state index is 5.83. The molecular weight excluding hydrogens is 174 g/mol. The van der Waals surface area contributed by atoms with Gasteiger partial charge < -0.3 is 11.5 Å². The third kappa shape index (κ3) is 1.32. The predicted molar refractivity (Wildman–Crippen MR) is 58.8 cm³/mol. The molecule has 0 aliphatic rings. The van der Waals surface area contributed by atoms with Crippen LogP contribution in [0.4, 0.5) is 5.82 Å². The third-order valence-corrected chi connectivity index (χ3v) is 2.34. The van der Waals surface area contributed by atoms with Gasteiger partial charge in [0, 0.05) is 17.6 Å². The van der Waals surface area contributed by atoms with E-state index in [0.29, 0.717) is 12.4 Å². The highest BCUT2D eigenvalue weighted by Gasteiger charge is 2.03. The molecule has 0 aliphatic carbocycles. The zero-order valence-corrected chi connectivity index (χ0v) is 8.12. The van der Waals surface area contributed by atoms with Gasteiger partial charge in [-0.2, -0.15) is 0 Å². The van der Waals surface area contributed by atoms with E-state index in [1.807, 2.05) is 31.2 Å². The van der Waals surface area contributed by atoms with Crippen LogP contribution >= 0.6 is 0 Å². The third-order valence-electron chi connectivity index (χ3n) is 2.34. The molecule has 1 heterocycles. The van der Waals surface area contributed by atoms with Crippen molar-refractivity contribution in [1.29, 1.82) is 0 Å². The highest BCUT2D eigenvalue weighted by molar-refractivity contribution is 5.93. The molecule has 14 heavy (non-hydrogen) atoms. The van der Waals surface area contributed by atoms with E-state index in [1.165, 1.54) is 0 Å². The summed E-state index contributed by atoms with van der Waals surface area (Å²) in [6, 6.07) is 7.96. The second-order valence-electron chi connectivity index (χ2n) is 3.37. The summed E-state index contributed by atoms with van der Waals surface area (Å²) in [7, 11) is 0. The Balaban J connectivity index is 2.86. The molecule has 1 aromatic heterocycles. The van der Waals surface area contributed by atoms with E-state index in [1.54, 1.807) is 0 Å². The second-order valence-corrected chi connectivity index (χ2v) is 3.37. The molecule has 1 aromatic carbocycles. The lowest BCUT2D eigenvalue weighted by molar-refractivity contribution is 1.08. The Bertz CT molecular complexity index is 477. The Morgan fingerprint density at radius 1 is 1.29 bits per heavy atom. The van der Waals surface area contributed by atoms with Crippen LogP contribution in [0.3, 0.4) is 0 Å². The van der Waals surface area contributed by atoms with Gasteiger partial charge in [-0.25, -0.2) is 4.98 Å². The fraction of sp³-hybridized carbons (Fsp3) is 0.182. The predicted octanol–water partition coefficient (Wildman–Crippen LogP) is 1.58. The number of nitrogens with zero attached hydrogens (tertiary/aromatic N) is 1. The summed E-state index contributed by atoms with van der Waals surface area (Å²) in [6.45, 7) is 2.46. The van der Waals surface area contributed by atoms with Crippen molar-refractivity contribution in [3.63, 3.8) is 0 Å². The number of fused-ring (bicyclic) bond motifs is 1. The van der Waals surface area contributed by atoms with Gasteiger partial charge >= 0.3 is 0 Å². The van der Waals surface area contributed by atoms with E-state index in [0.717, 1.165) is 22.0 Å². The van der Waals surface area contributed by atoms with Crippen LogP contribution in [0.1, 0.15) is 11.3 Å². The van der Waals surface area contributed by atoms with Gasteiger partial charge in [-0.1, -0.05) is 18.2 Å². The van der Waals surface area contributed by atoms with E-state index in [4.69, 9.17) is 11.5 Å². The van der Waals surface area contributed by atoms with E-state index in [9.17, 15) is 0 Å². The standard InChI is InChI=1S/C11H13N3/c1-7-5-10-8(6-12)3-2-4-9(10)11(13)14-7/h2-5H,6,12H2,1H3,(H2,13,14). The monoisotopic (exact) mass is 187 g/mol. The lowest BCUT2D eigenvalue weighted by Gasteiger charge is -2.06. The van der Waals surface area contributed by atoms with Crippen molar-refractivity contribution in [2.45, 2.75) is 13.5 Å². The van der Waals surface area contributed by atoms with Crippen molar-refractivity contribution in [3.8, 4) is 0 Å². The Labute approximate surface area is 82.7 Å². The highest BCUT2D eigenvalue weighted by Crippen LogP contribution is 2.23. The van der Waals surface area contributed by atoms with E-state index >= 15 is 0 Å². The van der Waals surface area contributed by atoms with Gasteiger partial charge in [0.1, 0.15) is 5.82 Å². The fourth-order valence-electron chi connectivity index (χ4n) is 1.68. The Morgan fingerprint density at radius 2 is 2.07 bits per heavy atom. The Morgan fingerprint density at radius 3 is 2.79 bits per heavy atom. The van der Waals surface area contributed by atoms with Crippen LogP contribution in [-0.2, 0) is 6.54 Å². The van der Waals surface area contributed by atoms with Crippen LogP contribution in [0.25, 0.3) is 10.8 Å². The van der Waals surface area contributed by atoms with Crippen LogP contribution < -0.4 is 11.5 Å². The van der Waals surface area contributed by atoms with Crippen molar-refractivity contribution in [2.24, 2.45) is 5.73 Å². The molecule has 3 heteroatoms. The maximum atomic E-state index is 5.83. The minimum Gasteiger partial charge on any atom is -0.383 e. The van der Waals surface area contributed by atoms with Crippen LogP contribution in [0.15, 0.2) is 24.3 Å². The number of benzene rings is 1. The molecule has 0 radical (unpaired) electrons. The molecule has 0 spiro atoms. The fourth-order valence-corrected chi connectivity index (χ4v) is 1.68. The lowest BCUT2D eigenvalue weighted by Crippen LogP contribution is -2.00. The van der Waals surface area contributed by atoms with Crippen molar-refractivity contribution in [3.05, 3.63) is 35.5 Å². The van der Waals surface area contributed by atoms with Gasteiger partial charge in [-0.3, -0.25) is 0 Å². The van der Waals surface area contributed by atoms with Gasteiger partial charge in [-0.15, -0.1) is 0 Å². The Hall–Kier alpha value is -1.61. The number of nitrogen functional groups attached to an aromatic ring is 1. The van der Waals surface area contributed by atoms with Gasteiger partial charge in [0.25, 0.3) is 0 Å². The quantitative estimate of drug-likeness (QED) is 0.712. The summed E-state index contributed by atoms with van der Waals surface area (Å²) in [6.07, 6.45) is 0. The number of hydrogen-bond acceptors (Lipinski definition) is 3. The molecule has 0 fully saturated rings. The smallest absolute Gasteiger partial charge is 0.131 e. The molecule has 2 rings (SSSR count). The zero-order chi connectivity index (χ0) is 10.1. The SMILES string of the molecule is Cc1cc2c(CN)cccc2c(N)n1. The van der Waals surface area contributed by atoms with Crippen molar-refractivity contribution in [2.75, 3.05) is 5.73 Å². The van der Waals surface area contributed by atoms with E-state index in [2.05, 4.69) is 4.98 Å². The molecule has 0 atom stereocenters. The number of aromatic nitrogens is 1. The number of hydrogen-bond donors (Lipinski definition) is 2. The van der Waals surface area contributed by atoms with Crippen LogP contribution in [0, 0.1) is 6.92 Å². The van der Waals surface area contributed by atoms with Gasteiger partial charge in [0.15, 0.2) is 0 Å². The molecule has 0 bridgehead atoms. The molecule has 0 unspecified atom stereocenters. The van der Waals surface area contributed by atoms with Crippen molar-refractivity contribution < 1.29 is 0 Å². The molecule has 0 saturated carbocycles. The van der Waals surface area contributed by atoms with E-state index in [-0.39, 0.29) is 0 Å². The second kappa shape index (κ2) is 3.27. The first-order chi connectivity index (χ1) is 6.72. The number of pyridine rings is 1. The minimum atomic E-state index is 0.528. The minimum absolute atomic E-state index is 0.528. The molecule has 3 nitrogen and oxygen atoms in total. The van der Waals surface area contributed by atoms with Crippen molar-refractivity contribution in [1.82, 2.24) is 4.98 Å². The maximum Gasteiger partial charge on any atom is 0.131 e. The summed E-state index contributed by atoms with van der Waals surface area (Å²) in [5.74, 6) is 0.579. The van der Waals surface area contributed by atoms with Gasteiger partial charge in [0.05, 0.1) is 0 Å². The topological polar surface area (TPSA) is 64.9 Å². The molecule has 0 saturated heterocycles. The first-order valence-corrected chi connectivity index (χ1v) is 4.57. The molecule has 2 aromatic rings. The van der Waals surface area contributed by atoms with Crippen molar-refractivity contribution >= 4 is 16.6 Å². The van der Waals surface area contributed by atoms with Crippen LogP contribution in [-0.4, -0.2) is 4.98 Å². The number of anilines is 1. The van der Waals surface area contributed by atoms with Gasteiger partial charge in [-0.05, 0) is 23.9 Å². The lowest BCUT2D eigenvalue weighted by atomic mass is 10.1. The average molecular weight is 187 g/mol. The molecule has 0 aliphatic heterocycles. The molecule has 72 valence electrons. The van der Waals surface area contributed by atoms with E-state index < -0.39 is 0 Å². The summed E-state index contributed by atoms with van der Waals surface area (Å²) < 4.78 is 0. The summed E-state index contributed by atoms with van der Waals surface area (Å²) in [5, 5.41) is 2.10. The number of rotatable bonds is 1. The van der Waals surface area contributed by atoms with Gasteiger partial charge in [0.2, 0.25) is 0 Å².